The molecule has 1 aliphatic carbocycles. The van der Waals surface area contributed by atoms with Crippen LogP contribution in [0, 0.1) is 5.92 Å². The summed E-state index contributed by atoms with van der Waals surface area (Å²) in [5, 5.41) is 14.3. The van der Waals surface area contributed by atoms with E-state index >= 15 is 0 Å². The monoisotopic (exact) mass is 326 g/mol. The smallest absolute Gasteiger partial charge is 0.335 e. The van der Waals surface area contributed by atoms with Crippen LogP contribution in [0.1, 0.15) is 29.6 Å². The molecule has 0 atom stereocenters. The average Bonchev–Trinajstić information content (AvgIpc) is 3.12. The highest BCUT2D eigenvalue weighted by atomic mass is 79.9. The third kappa shape index (κ3) is 4.55. The number of nitrogens with one attached hydrogen (secondary N) is 2. The van der Waals surface area contributed by atoms with Gasteiger partial charge >= 0.3 is 12.0 Å². The van der Waals surface area contributed by atoms with Gasteiger partial charge in [0.2, 0.25) is 0 Å². The van der Waals surface area contributed by atoms with Crippen molar-refractivity contribution in [1.29, 1.82) is 0 Å². The molecule has 0 unspecified atom stereocenters. The quantitative estimate of drug-likeness (QED) is 0.778. The fourth-order valence-electron chi connectivity index (χ4n) is 1.76. The molecule has 102 valence electrons. The van der Waals surface area contributed by atoms with Gasteiger partial charge in [-0.25, -0.2) is 9.59 Å². The molecular weight excluding hydrogens is 312 g/mol. The summed E-state index contributed by atoms with van der Waals surface area (Å²) in [5.74, 6) is -0.261. The van der Waals surface area contributed by atoms with E-state index in [9.17, 15) is 9.59 Å². The molecule has 1 aliphatic rings. The summed E-state index contributed by atoms with van der Waals surface area (Å²) in [4.78, 5) is 22.5. The molecule has 1 fully saturated rings. The highest BCUT2D eigenvalue weighted by molar-refractivity contribution is 9.10. The van der Waals surface area contributed by atoms with Crippen LogP contribution < -0.4 is 10.6 Å². The third-order valence-electron chi connectivity index (χ3n) is 2.94. The lowest BCUT2D eigenvalue weighted by molar-refractivity contribution is 0.0697. The first-order chi connectivity index (χ1) is 9.04. The molecule has 0 bridgehead atoms. The minimum Gasteiger partial charge on any atom is -0.478 e. The molecule has 0 aliphatic heterocycles. The third-order valence-corrected chi connectivity index (χ3v) is 3.40. The van der Waals surface area contributed by atoms with Crippen LogP contribution >= 0.6 is 15.9 Å². The minimum atomic E-state index is -1.03. The second-order valence-electron chi connectivity index (χ2n) is 4.65. The molecule has 0 spiro atoms. The van der Waals surface area contributed by atoms with Crippen molar-refractivity contribution in [3.63, 3.8) is 0 Å². The van der Waals surface area contributed by atoms with Crippen LogP contribution in [0.3, 0.4) is 0 Å². The van der Waals surface area contributed by atoms with E-state index in [1.807, 2.05) is 0 Å². The SMILES string of the molecule is O=C(NCCC1CC1)Nc1cc(Br)cc(C(=O)O)c1. The van der Waals surface area contributed by atoms with E-state index in [2.05, 4.69) is 26.6 Å². The first-order valence-corrected chi connectivity index (χ1v) is 6.92. The number of rotatable bonds is 5. The number of benzene rings is 1. The maximum Gasteiger partial charge on any atom is 0.335 e. The first-order valence-electron chi connectivity index (χ1n) is 6.13. The number of hydrogen-bond donors (Lipinski definition) is 3. The fourth-order valence-corrected chi connectivity index (χ4v) is 2.25. The number of carbonyl (C=O) groups excluding carboxylic acids is 1. The van der Waals surface area contributed by atoms with Crippen molar-refractivity contribution in [3.05, 3.63) is 28.2 Å². The van der Waals surface area contributed by atoms with Crippen molar-refractivity contribution in [1.82, 2.24) is 5.32 Å². The van der Waals surface area contributed by atoms with Gasteiger partial charge in [0.1, 0.15) is 0 Å². The van der Waals surface area contributed by atoms with Crippen molar-refractivity contribution in [2.24, 2.45) is 5.92 Å². The molecule has 2 rings (SSSR count). The van der Waals surface area contributed by atoms with Gasteiger partial charge in [0, 0.05) is 16.7 Å². The van der Waals surface area contributed by atoms with Crippen LogP contribution in [0.2, 0.25) is 0 Å². The Labute approximate surface area is 119 Å². The zero-order valence-corrected chi connectivity index (χ0v) is 11.9. The second kappa shape index (κ2) is 6.06. The molecule has 0 radical (unpaired) electrons. The van der Waals surface area contributed by atoms with Gasteiger partial charge in [-0.2, -0.15) is 0 Å². The molecule has 0 saturated heterocycles. The number of carboxylic acids is 1. The standard InChI is InChI=1S/C13H15BrN2O3/c14-10-5-9(12(17)18)6-11(7-10)16-13(19)15-4-3-8-1-2-8/h5-8H,1-4H2,(H,17,18)(H2,15,16,19). The van der Waals surface area contributed by atoms with E-state index in [0.29, 0.717) is 16.7 Å². The van der Waals surface area contributed by atoms with Crippen molar-refractivity contribution >= 4 is 33.6 Å². The van der Waals surface area contributed by atoms with Crippen molar-refractivity contribution in [3.8, 4) is 0 Å². The highest BCUT2D eigenvalue weighted by Crippen LogP contribution is 2.31. The van der Waals surface area contributed by atoms with Crippen molar-refractivity contribution in [2.45, 2.75) is 19.3 Å². The summed E-state index contributed by atoms with van der Waals surface area (Å²) in [6.45, 7) is 0.649. The highest BCUT2D eigenvalue weighted by Gasteiger charge is 2.20. The molecule has 3 N–H and O–H groups in total. The van der Waals surface area contributed by atoms with E-state index in [0.717, 1.165) is 12.3 Å². The number of aromatic carboxylic acids is 1. The molecule has 0 aromatic heterocycles. The topological polar surface area (TPSA) is 78.4 Å². The Morgan fingerprint density at radius 1 is 1.32 bits per heavy atom. The molecule has 2 amide bonds. The van der Waals surface area contributed by atoms with Gasteiger partial charge in [-0.3, -0.25) is 0 Å². The maximum absolute atomic E-state index is 11.6. The van der Waals surface area contributed by atoms with Crippen molar-refractivity contribution in [2.75, 3.05) is 11.9 Å². The van der Waals surface area contributed by atoms with Crippen LogP contribution in [0.25, 0.3) is 0 Å². The van der Waals surface area contributed by atoms with E-state index < -0.39 is 5.97 Å². The van der Waals surface area contributed by atoms with E-state index in [-0.39, 0.29) is 11.6 Å². The predicted octanol–water partition coefficient (Wildman–Crippen LogP) is 3.07. The largest absolute Gasteiger partial charge is 0.478 e. The molecule has 1 aromatic carbocycles. The summed E-state index contributed by atoms with van der Waals surface area (Å²) in [7, 11) is 0. The lowest BCUT2D eigenvalue weighted by Gasteiger charge is -2.08. The van der Waals surface area contributed by atoms with Crippen LogP contribution in [0.15, 0.2) is 22.7 Å². The normalized spacial score (nSPS) is 13.9. The van der Waals surface area contributed by atoms with Crippen LogP contribution in [0.4, 0.5) is 10.5 Å². The molecule has 6 heteroatoms. The molecular formula is C13H15BrN2O3. The van der Waals surface area contributed by atoms with Crippen LogP contribution in [0.5, 0.6) is 0 Å². The zero-order chi connectivity index (χ0) is 13.8. The van der Waals surface area contributed by atoms with Gasteiger partial charge in [0.25, 0.3) is 0 Å². The Morgan fingerprint density at radius 3 is 2.68 bits per heavy atom. The van der Waals surface area contributed by atoms with Gasteiger partial charge in [0.15, 0.2) is 0 Å². The number of anilines is 1. The number of hydrogen-bond acceptors (Lipinski definition) is 2. The van der Waals surface area contributed by atoms with E-state index in [1.54, 1.807) is 6.07 Å². The van der Waals surface area contributed by atoms with Gasteiger partial charge in [-0.15, -0.1) is 0 Å². The number of carboxylic acid groups (broad SMARTS) is 1. The Balaban J connectivity index is 1.89. The Morgan fingerprint density at radius 2 is 2.05 bits per heavy atom. The minimum absolute atomic E-state index is 0.127. The maximum atomic E-state index is 11.6. The first kappa shape index (κ1) is 13.9. The predicted molar refractivity (Wildman–Crippen MR) is 75.5 cm³/mol. The van der Waals surface area contributed by atoms with Crippen LogP contribution in [-0.4, -0.2) is 23.7 Å². The average molecular weight is 327 g/mol. The van der Waals surface area contributed by atoms with Gasteiger partial charge in [0.05, 0.1) is 5.56 Å². The molecule has 1 saturated carbocycles. The molecule has 1 aromatic rings. The number of amides is 2. The van der Waals surface area contributed by atoms with E-state index in [1.165, 1.54) is 25.0 Å². The number of carbonyl (C=O) groups is 2. The second-order valence-corrected chi connectivity index (χ2v) is 5.56. The lowest BCUT2D eigenvalue weighted by Crippen LogP contribution is -2.29. The summed E-state index contributed by atoms with van der Waals surface area (Å²) < 4.78 is 0.612. The Kier molecular flexibility index (Phi) is 4.42. The summed E-state index contributed by atoms with van der Waals surface area (Å²) in [5.41, 5.74) is 0.582. The van der Waals surface area contributed by atoms with Crippen molar-refractivity contribution < 1.29 is 14.7 Å². The van der Waals surface area contributed by atoms with Crippen LogP contribution in [-0.2, 0) is 0 Å². The Hall–Kier alpha value is -1.56. The fraction of sp³-hybridized carbons (Fsp3) is 0.385. The molecule has 19 heavy (non-hydrogen) atoms. The van der Waals surface area contributed by atoms with Gasteiger partial charge in [-0.05, 0) is 30.5 Å². The summed E-state index contributed by atoms with van der Waals surface area (Å²) in [6.07, 6.45) is 3.53. The molecule has 0 heterocycles. The zero-order valence-electron chi connectivity index (χ0n) is 10.3. The summed E-state index contributed by atoms with van der Waals surface area (Å²) >= 11 is 3.22. The summed E-state index contributed by atoms with van der Waals surface area (Å²) in [6, 6.07) is 4.26. The number of halogens is 1. The molecule has 5 nitrogen and oxygen atoms in total. The van der Waals surface area contributed by atoms with Gasteiger partial charge in [-0.1, -0.05) is 28.8 Å². The van der Waals surface area contributed by atoms with E-state index in [4.69, 9.17) is 5.11 Å². The Bertz CT molecular complexity index is 501. The van der Waals surface area contributed by atoms with Gasteiger partial charge < -0.3 is 15.7 Å². The lowest BCUT2D eigenvalue weighted by atomic mass is 10.2. The number of urea groups is 1.